The minimum atomic E-state index is -0.252. The molecule has 10 heteroatoms. The second kappa shape index (κ2) is 9.06. The minimum absolute atomic E-state index is 0.252. The van der Waals surface area contributed by atoms with Gasteiger partial charge in [0.25, 0.3) is 0 Å². The molecule has 146 valence electrons. The molecule has 3 rings (SSSR count). The van der Waals surface area contributed by atoms with Crippen LogP contribution in [0, 0.1) is 0 Å². The van der Waals surface area contributed by atoms with Gasteiger partial charge in [0.05, 0.1) is 12.9 Å². The van der Waals surface area contributed by atoms with Crippen molar-refractivity contribution in [1.82, 2.24) is 30.3 Å². The lowest BCUT2D eigenvalue weighted by Crippen LogP contribution is -2.54. The monoisotopic (exact) mass is 375 g/mol. The van der Waals surface area contributed by atoms with Crippen molar-refractivity contribution >= 4 is 12.1 Å². The highest BCUT2D eigenvalue weighted by molar-refractivity contribution is 5.80. The molecule has 2 aromatic heterocycles. The number of hydrogen-bond acceptors (Lipinski definition) is 6. The molecule has 10 nitrogen and oxygen atoms in total. The van der Waals surface area contributed by atoms with E-state index in [0.29, 0.717) is 57.3 Å². The number of rotatable bonds is 5. The Labute approximate surface area is 157 Å². The van der Waals surface area contributed by atoms with Crippen LogP contribution in [-0.4, -0.2) is 83.4 Å². The summed E-state index contributed by atoms with van der Waals surface area (Å²) in [7, 11) is 1.75. The summed E-state index contributed by atoms with van der Waals surface area (Å²) in [5.74, 6) is 2.77. The van der Waals surface area contributed by atoms with Crippen LogP contribution >= 0.6 is 0 Å². The Kier molecular flexibility index (Phi) is 6.29. The maximum Gasteiger partial charge on any atom is 0.409 e. The summed E-state index contributed by atoms with van der Waals surface area (Å²) in [5, 5.41) is 10.4. The molecular weight excluding hydrogens is 350 g/mol. The molecule has 0 unspecified atom stereocenters. The lowest BCUT2D eigenvalue weighted by Gasteiger charge is -2.35. The first-order chi connectivity index (χ1) is 13.2. The topological polar surface area (TPSA) is 112 Å². The second-order valence-electron chi connectivity index (χ2n) is 5.98. The SMILES string of the molecule is CCOC(=O)N1CCN(C(=NC)NCCc2nc(-c3ccco3)n[nH]2)CC1. The van der Waals surface area contributed by atoms with E-state index in [1.165, 1.54) is 0 Å². The molecule has 0 aliphatic carbocycles. The van der Waals surface area contributed by atoms with E-state index in [-0.39, 0.29) is 6.09 Å². The van der Waals surface area contributed by atoms with Gasteiger partial charge < -0.3 is 24.3 Å². The van der Waals surface area contributed by atoms with Gasteiger partial charge in [-0.2, -0.15) is 5.10 Å². The van der Waals surface area contributed by atoms with E-state index in [1.54, 1.807) is 24.3 Å². The van der Waals surface area contributed by atoms with Gasteiger partial charge in [-0.25, -0.2) is 9.78 Å². The number of H-pyrrole nitrogens is 1. The minimum Gasteiger partial charge on any atom is -0.461 e. The van der Waals surface area contributed by atoms with Crippen molar-refractivity contribution in [1.29, 1.82) is 0 Å². The van der Waals surface area contributed by atoms with Gasteiger partial charge in [0.15, 0.2) is 11.7 Å². The fourth-order valence-electron chi connectivity index (χ4n) is 2.86. The zero-order valence-corrected chi connectivity index (χ0v) is 15.6. The smallest absolute Gasteiger partial charge is 0.409 e. The zero-order chi connectivity index (χ0) is 19.1. The van der Waals surface area contributed by atoms with Gasteiger partial charge in [0, 0.05) is 46.2 Å². The summed E-state index contributed by atoms with van der Waals surface area (Å²) in [6.07, 6.45) is 2.02. The van der Waals surface area contributed by atoms with Crippen molar-refractivity contribution in [3.05, 3.63) is 24.2 Å². The molecule has 0 atom stereocenters. The van der Waals surface area contributed by atoms with Crippen LogP contribution in [0.25, 0.3) is 11.6 Å². The van der Waals surface area contributed by atoms with E-state index in [4.69, 9.17) is 9.15 Å². The number of nitrogens with one attached hydrogen (secondary N) is 2. The zero-order valence-electron chi connectivity index (χ0n) is 15.6. The molecule has 3 heterocycles. The largest absolute Gasteiger partial charge is 0.461 e. The van der Waals surface area contributed by atoms with Crippen LogP contribution in [0.4, 0.5) is 4.79 Å². The number of aromatic amines is 1. The molecule has 2 aromatic rings. The fraction of sp³-hybridized carbons (Fsp3) is 0.529. The summed E-state index contributed by atoms with van der Waals surface area (Å²) in [5.41, 5.74) is 0. The number of amides is 1. The molecule has 1 fully saturated rings. The summed E-state index contributed by atoms with van der Waals surface area (Å²) < 4.78 is 10.3. The number of aromatic nitrogens is 3. The van der Waals surface area contributed by atoms with Crippen LogP contribution in [0.15, 0.2) is 27.8 Å². The number of carbonyl (C=O) groups excluding carboxylic acids is 1. The van der Waals surface area contributed by atoms with Gasteiger partial charge in [-0.3, -0.25) is 10.1 Å². The summed E-state index contributed by atoms with van der Waals surface area (Å²) in [6, 6.07) is 3.63. The molecule has 27 heavy (non-hydrogen) atoms. The maximum atomic E-state index is 11.8. The third-order valence-corrected chi connectivity index (χ3v) is 4.24. The molecule has 0 saturated carbocycles. The maximum absolute atomic E-state index is 11.8. The van der Waals surface area contributed by atoms with Crippen molar-refractivity contribution in [2.24, 2.45) is 4.99 Å². The predicted molar refractivity (Wildman–Crippen MR) is 99.3 cm³/mol. The normalized spacial score (nSPS) is 15.1. The van der Waals surface area contributed by atoms with Crippen molar-refractivity contribution < 1.29 is 13.9 Å². The number of aliphatic imine (C=N–C) groups is 1. The Morgan fingerprint density at radius 2 is 2.15 bits per heavy atom. The number of furan rings is 1. The number of nitrogens with zero attached hydrogens (tertiary/aromatic N) is 5. The predicted octanol–water partition coefficient (Wildman–Crippen LogP) is 0.957. The lowest BCUT2D eigenvalue weighted by molar-refractivity contribution is 0.0914. The quantitative estimate of drug-likeness (QED) is 0.591. The van der Waals surface area contributed by atoms with E-state index in [1.807, 2.05) is 13.0 Å². The Hall–Kier alpha value is -3.04. The molecule has 1 amide bonds. The molecule has 0 bridgehead atoms. The van der Waals surface area contributed by atoms with Crippen LogP contribution in [0.3, 0.4) is 0 Å². The molecule has 1 saturated heterocycles. The number of hydrogen-bond donors (Lipinski definition) is 2. The number of ether oxygens (including phenoxy) is 1. The molecule has 1 aliphatic heterocycles. The van der Waals surface area contributed by atoms with Gasteiger partial charge >= 0.3 is 6.09 Å². The highest BCUT2D eigenvalue weighted by atomic mass is 16.6. The van der Waals surface area contributed by atoms with Crippen molar-refractivity contribution in [3.8, 4) is 11.6 Å². The van der Waals surface area contributed by atoms with Crippen molar-refractivity contribution in [2.45, 2.75) is 13.3 Å². The first-order valence-corrected chi connectivity index (χ1v) is 9.03. The summed E-state index contributed by atoms with van der Waals surface area (Å²) in [6.45, 7) is 5.53. The van der Waals surface area contributed by atoms with Gasteiger partial charge in [-0.05, 0) is 19.1 Å². The van der Waals surface area contributed by atoms with Crippen LogP contribution in [0.1, 0.15) is 12.7 Å². The van der Waals surface area contributed by atoms with Gasteiger partial charge in [-0.15, -0.1) is 0 Å². The van der Waals surface area contributed by atoms with E-state index >= 15 is 0 Å². The molecule has 0 spiro atoms. The third-order valence-electron chi connectivity index (χ3n) is 4.24. The van der Waals surface area contributed by atoms with E-state index < -0.39 is 0 Å². The molecule has 0 aromatic carbocycles. The lowest BCUT2D eigenvalue weighted by atomic mass is 10.3. The number of carbonyl (C=O) groups is 1. The Morgan fingerprint density at radius 3 is 2.81 bits per heavy atom. The molecular formula is C17H25N7O3. The van der Waals surface area contributed by atoms with E-state index in [0.717, 1.165) is 11.8 Å². The molecule has 2 N–H and O–H groups in total. The van der Waals surface area contributed by atoms with Crippen LogP contribution in [0.2, 0.25) is 0 Å². The average molecular weight is 375 g/mol. The highest BCUT2D eigenvalue weighted by Crippen LogP contribution is 2.14. The van der Waals surface area contributed by atoms with Crippen molar-refractivity contribution in [2.75, 3.05) is 46.4 Å². The van der Waals surface area contributed by atoms with Gasteiger partial charge in [0.1, 0.15) is 5.82 Å². The standard InChI is InChI=1S/C17H25N7O3/c1-3-26-17(25)24-10-8-23(9-11-24)16(18-2)19-7-6-14-20-15(22-21-14)13-5-4-12-27-13/h4-5,12H,3,6-11H2,1-2H3,(H,18,19)(H,20,21,22). The third kappa shape index (κ3) is 4.78. The first-order valence-electron chi connectivity index (χ1n) is 9.03. The Balaban J connectivity index is 1.44. The second-order valence-corrected chi connectivity index (χ2v) is 5.98. The van der Waals surface area contributed by atoms with Crippen LogP contribution in [-0.2, 0) is 11.2 Å². The average Bonchev–Trinajstić information content (AvgIpc) is 3.37. The first kappa shape index (κ1) is 18.7. The Bertz CT molecular complexity index is 748. The fourth-order valence-corrected chi connectivity index (χ4v) is 2.86. The van der Waals surface area contributed by atoms with Gasteiger partial charge in [0.2, 0.25) is 5.82 Å². The van der Waals surface area contributed by atoms with Crippen LogP contribution in [0.5, 0.6) is 0 Å². The number of guanidine groups is 1. The summed E-state index contributed by atoms with van der Waals surface area (Å²) in [4.78, 5) is 24.4. The van der Waals surface area contributed by atoms with E-state index in [2.05, 4.69) is 30.4 Å². The summed E-state index contributed by atoms with van der Waals surface area (Å²) >= 11 is 0. The molecule has 1 aliphatic rings. The van der Waals surface area contributed by atoms with Crippen LogP contribution < -0.4 is 5.32 Å². The van der Waals surface area contributed by atoms with Crippen molar-refractivity contribution in [3.63, 3.8) is 0 Å². The van der Waals surface area contributed by atoms with Gasteiger partial charge in [-0.1, -0.05) is 0 Å². The molecule has 0 radical (unpaired) electrons. The highest BCUT2D eigenvalue weighted by Gasteiger charge is 2.23. The van der Waals surface area contributed by atoms with E-state index in [9.17, 15) is 4.79 Å². The number of piperazine rings is 1. The Morgan fingerprint density at radius 1 is 1.37 bits per heavy atom.